The normalized spacial score (nSPS) is 17.1. The van der Waals surface area contributed by atoms with E-state index in [-0.39, 0.29) is 5.56 Å². The van der Waals surface area contributed by atoms with Gasteiger partial charge < -0.3 is 4.98 Å². The first kappa shape index (κ1) is 12.2. The average molecular weight is 262 g/mol. The van der Waals surface area contributed by atoms with E-state index in [0.29, 0.717) is 17.1 Å². The number of fused-ring (bicyclic) bond motifs is 1. The van der Waals surface area contributed by atoms with Gasteiger partial charge in [0, 0.05) is 13.5 Å². The van der Waals surface area contributed by atoms with Gasteiger partial charge in [0.25, 0.3) is 5.56 Å². The van der Waals surface area contributed by atoms with Gasteiger partial charge in [-0.15, -0.1) is 0 Å². The van der Waals surface area contributed by atoms with Gasteiger partial charge in [-0.3, -0.25) is 14.3 Å². The van der Waals surface area contributed by atoms with E-state index in [1.54, 1.807) is 7.05 Å². The summed E-state index contributed by atoms with van der Waals surface area (Å²) in [6, 6.07) is 0. The lowest BCUT2D eigenvalue weighted by molar-refractivity contribution is 0.352. The van der Waals surface area contributed by atoms with Crippen LogP contribution in [0.15, 0.2) is 9.59 Å². The van der Waals surface area contributed by atoms with Crippen molar-refractivity contribution >= 4 is 11.2 Å². The second-order valence-electron chi connectivity index (χ2n) is 5.41. The molecule has 0 bridgehead atoms. The third-order valence-corrected chi connectivity index (χ3v) is 4.01. The number of imidazole rings is 1. The highest BCUT2D eigenvalue weighted by Crippen LogP contribution is 2.26. The number of hydrogen-bond acceptors (Lipinski definition) is 3. The number of nitrogens with zero attached hydrogens (tertiary/aromatic N) is 2. The fourth-order valence-electron chi connectivity index (χ4n) is 2.91. The zero-order valence-electron chi connectivity index (χ0n) is 11.0. The number of nitrogens with one attached hydrogen (secondary N) is 2. The molecule has 102 valence electrons. The first-order valence-corrected chi connectivity index (χ1v) is 6.83. The monoisotopic (exact) mass is 262 g/mol. The minimum Gasteiger partial charge on any atom is -0.336 e. The van der Waals surface area contributed by atoms with Gasteiger partial charge in [0.1, 0.15) is 11.3 Å². The van der Waals surface area contributed by atoms with E-state index in [1.807, 2.05) is 0 Å². The van der Waals surface area contributed by atoms with Crippen molar-refractivity contribution in [3.63, 3.8) is 0 Å². The molecule has 0 aliphatic heterocycles. The van der Waals surface area contributed by atoms with E-state index >= 15 is 0 Å². The molecule has 6 nitrogen and oxygen atoms in total. The molecule has 2 aromatic rings. The lowest BCUT2D eigenvalue weighted by Gasteiger charge is -2.20. The Bertz CT molecular complexity index is 703. The molecule has 0 unspecified atom stereocenters. The molecule has 1 aliphatic rings. The van der Waals surface area contributed by atoms with Crippen molar-refractivity contribution in [1.29, 1.82) is 0 Å². The molecule has 6 heteroatoms. The summed E-state index contributed by atoms with van der Waals surface area (Å²) in [7, 11) is 1.62. The largest absolute Gasteiger partial charge is 0.336 e. The van der Waals surface area contributed by atoms with Crippen molar-refractivity contribution in [2.75, 3.05) is 0 Å². The van der Waals surface area contributed by atoms with E-state index in [1.165, 1.54) is 36.7 Å². The molecule has 19 heavy (non-hydrogen) atoms. The van der Waals surface area contributed by atoms with Crippen LogP contribution in [0.3, 0.4) is 0 Å². The maximum atomic E-state index is 11.7. The maximum absolute atomic E-state index is 11.7. The quantitative estimate of drug-likeness (QED) is 0.849. The number of aryl methyl sites for hydroxylation is 1. The minimum absolute atomic E-state index is 0.388. The summed E-state index contributed by atoms with van der Waals surface area (Å²) in [5.74, 6) is 1.46. The van der Waals surface area contributed by atoms with Gasteiger partial charge in [0.2, 0.25) is 0 Å². The van der Waals surface area contributed by atoms with Crippen LogP contribution in [0.5, 0.6) is 0 Å². The van der Waals surface area contributed by atoms with Gasteiger partial charge >= 0.3 is 5.69 Å². The minimum atomic E-state index is -0.423. The molecule has 2 N–H and O–H groups in total. The van der Waals surface area contributed by atoms with Crippen LogP contribution in [0.25, 0.3) is 11.2 Å². The van der Waals surface area contributed by atoms with Crippen LogP contribution in [-0.2, 0) is 13.5 Å². The van der Waals surface area contributed by atoms with Crippen LogP contribution < -0.4 is 11.2 Å². The zero-order chi connectivity index (χ0) is 13.4. The summed E-state index contributed by atoms with van der Waals surface area (Å²) < 4.78 is 1.37. The van der Waals surface area contributed by atoms with Crippen molar-refractivity contribution in [1.82, 2.24) is 19.5 Å². The number of rotatable bonds is 2. The number of aromatic amines is 2. The Labute approximate surface area is 109 Å². The lowest BCUT2D eigenvalue weighted by atomic mass is 9.87. The van der Waals surface area contributed by atoms with E-state index in [4.69, 9.17) is 0 Å². The summed E-state index contributed by atoms with van der Waals surface area (Å²) in [5, 5.41) is 0. The summed E-state index contributed by atoms with van der Waals surface area (Å²) in [5.41, 5.74) is 0.0289. The Morgan fingerprint density at radius 2 is 1.95 bits per heavy atom. The molecule has 2 aromatic heterocycles. The second-order valence-corrected chi connectivity index (χ2v) is 5.41. The lowest BCUT2D eigenvalue weighted by Crippen LogP contribution is -2.28. The van der Waals surface area contributed by atoms with Gasteiger partial charge in [0.05, 0.1) is 0 Å². The van der Waals surface area contributed by atoms with E-state index in [9.17, 15) is 9.59 Å². The predicted octanol–water partition coefficient (Wildman–Crippen LogP) is 1.07. The molecule has 1 aliphatic carbocycles. The molecule has 3 rings (SSSR count). The fourth-order valence-corrected chi connectivity index (χ4v) is 2.91. The van der Waals surface area contributed by atoms with Crippen LogP contribution in [0.4, 0.5) is 0 Å². The summed E-state index contributed by atoms with van der Waals surface area (Å²) in [6.07, 6.45) is 7.21. The Kier molecular flexibility index (Phi) is 3.00. The van der Waals surface area contributed by atoms with Crippen LogP contribution in [0.2, 0.25) is 0 Å². The van der Waals surface area contributed by atoms with Crippen molar-refractivity contribution in [2.24, 2.45) is 13.0 Å². The van der Waals surface area contributed by atoms with Crippen molar-refractivity contribution < 1.29 is 0 Å². The van der Waals surface area contributed by atoms with E-state index in [2.05, 4.69) is 15.0 Å². The highest BCUT2D eigenvalue weighted by atomic mass is 16.2. The highest BCUT2D eigenvalue weighted by Gasteiger charge is 2.17. The molecule has 0 spiro atoms. The highest BCUT2D eigenvalue weighted by molar-refractivity contribution is 5.69. The summed E-state index contributed by atoms with van der Waals surface area (Å²) >= 11 is 0. The van der Waals surface area contributed by atoms with E-state index in [0.717, 1.165) is 12.2 Å². The maximum Gasteiger partial charge on any atom is 0.329 e. The molecule has 0 saturated heterocycles. The van der Waals surface area contributed by atoms with Crippen LogP contribution in [0.1, 0.15) is 37.9 Å². The van der Waals surface area contributed by atoms with E-state index < -0.39 is 5.69 Å². The van der Waals surface area contributed by atoms with Gasteiger partial charge in [-0.1, -0.05) is 32.1 Å². The second kappa shape index (κ2) is 4.68. The SMILES string of the molecule is Cn1c(=O)[nH]c(=O)c2[nH]c(CC3CCCCC3)nc21. The molecule has 2 heterocycles. The molecule has 0 radical (unpaired) electrons. The zero-order valence-corrected chi connectivity index (χ0v) is 11.0. The summed E-state index contributed by atoms with van der Waals surface area (Å²) in [6.45, 7) is 0. The Morgan fingerprint density at radius 1 is 1.21 bits per heavy atom. The fraction of sp³-hybridized carbons (Fsp3) is 0.615. The third-order valence-electron chi connectivity index (χ3n) is 4.01. The molecular formula is C13H18N4O2. The number of hydrogen-bond donors (Lipinski definition) is 2. The molecule has 1 saturated carbocycles. The molecular weight excluding hydrogens is 244 g/mol. The number of H-pyrrole nitrogens is 2. The summed E-state index contributed by atoms with van der Waals surface area (Å²) in [4.78, 5) is 33.0. The molecule has 0 amide bonds. The van der Waals surface area contributed by atoms with Crippen molar-refractivity contribution in [2.45, 2.75) is 38.5 Å². The van der Waals surface area contributed by atoms with Gasteiger partial charge in [0.15, 0.2) is 5.65 Å². The van der Waals surface area contributed by atoms with Gasteiger partial charge in [-0.25, -0.2) is 9.78 Å². The Morgan fingerprint density at radius 3 is 2.68 bits per heavy atom. The van der Waals surface area contributed by atoms with Gasteiger partial charge in [-0.2, -0.15) is 0 Å². The smallest absolute Gasteiger partial charge is 0.329 e. The molecule has 0 atom stereocenters. The van der Waals surface area contributed by atoms with Crippen molar-refractivity contribution in [3.05, 3.63) is 26.7 Å². The molecule has 1 fully saturated rings. The van der Waals surface area contributed by atoms with Crippen LogP contribution in [0, 0.1) is 5.92 Å². The Hall–Kier alpha value is -1.85. The molecule has 0 aromatic carbocycles. The third kappa shape index (κ3) is 2.22. The first-order valence-electron chi connectivity index (χ1n) is 6.83. The van der Waals surface area contributed by atoms with Crippen molar-refractivity contribution in [3.8, 4) is 0 Å². The van der Waals surface area contributed by atoms with Gasteiger partial charge in [-0.05, 0) is 5.92 Å². The number of aromatic nitrogens is 4. The topological polar surface area (TPSA) is 83.5 Å². The average Bonchev–Trinajstić information content (AvgIpc) is 2.82. The first-order chi connectivity index (χ1) is 9.15. The van der Waals surface area contributed by atoms with Crippen LogP contribution >= 0.6 is 0 Å². The Balaban J connectivity index is 1.97. The van der Waals surface area contributed by atoms with Crippen LogP contribution in [-0.4, -0.2) is 19.5 Å². The predicted molar refractivity (Wildman–Crippen MR) is 72.2 cm³/mol. The standard InChI is InChI=1S/C13H18N4O2/c1-17-11-10(12(18)16-13(17)19)14-9(15-11)7-8-5-3-2-4-6-8/h8H,2-7H2,1H3,(H,14,15)(H,16,18,19).